The van der Waals surface area contributed by atoms with Crippen LogP contribution in [0, 0.1) is 11.3 Å². The molecule has 1 saturated carbocycles. The number of hydrogen-bond donors (Lipinski definition) is 1. The minimum atomic E-state index is 0.0202. The molecule has 3 heteroatoms. The first-order valence-electron chi connectivity index (χ1n) is 7.98. The quantitative estimate of drug-likeness (QED) is 0.792. The summed E-state index contributed by atoms with van der Waals surface area (Å²) in [5, 5.41) is 0. The lowest BCUT2D eigenvalue weighted by molar-refractivity contribution is -0.897. The van der Waals surface area contributed by atoms with Crippen molar-refractivity contribution in [3.63, 3.8) is 0 Å². The van der Waals surface area contributed by atoms with Crippen molar-refractivity contribution in [1.82, 2.24) is 0 Å². The van der Waals surface area contributed by atoms with E-state index in [2.05, 4.69) is 20.8 Å². The third kappa shape index (κ3) is 4.79. The summed E-state index contributed by atoms with van der Waals surface area (Å²) in [5.74, 6) is 0.690. The van der Waals surface area contributed by atoms with Gasteiger partial charge in [-0.1, -0.05) is 20.8 Å². The second-order valence-corrected chi connectivity index (χ2v) is 7.51. The number of ether oxygens (including phenoxy) is 1. The van der Waals surface area contributed by atoms with Crippen LogP contribution in [0.4, 0.5) is 0 Å². The van der Waals surface area contributed by atoms with Gasteiger partial charge in [0.1, 0.15) is 6.10 Å². The van der Waals surface area contributed by atoms with Crippen molar-refractivity contribution in [3.8, 4) is 0 Å². The monoisotopic (exact) mass is 268 g/mol. The van der Waals surface area contributed by atoms with Crippen LogP contribution >= 0.6 is 0 Å². The zero-order valence-corrected chi connectivity index (χ0v) is 12.8. The molecule has 2 rings (SSSR count). The van der Waals surface area contributed by atoms with Gasteiger partial charge < -0.3 is 9.64 Å². The topological polar surface area (TPSA) is 30.7 Å². The van der Waals surface area contributed by atoms with Crippen molar-refractivity contribution >= 4 is 5.97 Å². The lowest BCUT2D eigenvalue weighted by atomic mass is 9.71. The third-order valence-electron chi connectivity index (χ3n) is 4.60. The smallest absolute Gasteiger partial charge is 0.361 e. The van der Waals surface area contributed by atoms with Crippen LogP contribution in [0.1, 0.15) is 59.3 Å². The molecule has 0 spiro atoms. The van der Waals surface area contributed by atoms with Crippen molar-refractivity contribution < 1.29 is 14.4 Å². The first-order chi connectivity index (χ1) is 8.94. The molecule has 2 atom stereocenters. The number of carbonyl (C=O) groups excluding carboxylic acids is 1. The molecule has 0 unspecified atom stereocenters. The maximum absolute atomic E-state index is 12.1. The largest absolute Gasteiger partial charge is 0.458 e. The number of hydrogen-bond acceptors (Lipinski definition) is 2. The number of rotatable bonds is 3. The molecule has 2 fully saturated rings. The van der Waals surface area contributed by atoms with Crippen LogP contribution in [-0.4, -0.2) is 31.7 Å². The molecular weight excluding hydrogens is 238 g/mol. The van der Waals surface area contributed by atoms with Gasteiger partial charge in [-0.15, -0.1) is 0 Å². The highest BCUT2D eigenvalue weighted by atomic mass is 16.5. The molecule has 19 heavy (non-hydrogen) atoms. The molecule has 0 amide bonds. The van der Waals surface area contributed by atoms with Gasteiger partial charge in [0, 0.05) is 0 Å². The average molecular weight is 268 g/mol. The molecule has 0 bridgehead atoms. The Morgan fingerprint density at radius 2 is 1.89 bits per heavy atom. The molecule has 1 heterocycles. The molecule has 2 aliphatic rings. The van der Waals surface area contributed by atoms with Gasteiger partial charge >= 0.3 is 5.97 Å². The average Bonchev–Trinajstić information content (AvgIpc) is 2.26. The van der Waals surface area contributed by atoms with E-state index in [1.807, 2.05) is 0 Å². The summed E-state index contributed by atoms with van der Waals surface area (Å²) >= 11 is 0. The first-order valence-corrected chi connectivity index (χ1v) is 7.98. The van der Waals surface area contributed by atoms with Gasteiger partial charge in [0.15, 0.2) is 6.54 Å². The molecule has 1 N–H and O–H groups in total. The molecule has 110 valence electrons. The lowest BCUT2D eigenvalue weighted by Crippen LogP contribution is -3.13. The molecule has 0 aromatic heterocycles. The minimum absolute atomic E-state index is 0.0202. The number of quaternary nitrogens is 1. The highest BCUT2D eigenvalue weighted by Crippen LogP contribution is 2.39. The Morgan fingerprint density at radius 1 is 1.21 bits per heavy atom. The summed E-state index contributed by atoms with van der Waals surface area (Å²) in [5.41, 5.74) is 0.320. The SMILES string of the molecule is C[C@H]1C[C@H](OC(=O)C[NH+]2CCCCC2)CC(C)(C)C1. The molecule has 3 nitrogen and oxygen atoms in total. The summed E-state index contributed by atoms with van der Waals surface area (Å²) in [6.07, 6.45) is 7.32. The van der Waals surface area contributed by atoms with Crippen molar-refractivity contribution in [2.45, 2.75) is 65.4 Å². The van der Waals surface area contributed by atoms with Gasteiger partial charge in [-0.05, 0) is 49.9 Å². The van der Waals surface area contributed by atoms with E-state index in [1.54, 1.807) is 0 Å². The Labute approximate surface area is 117 Å². The van der Waals surface area contributed by atoms with E-state index < -0.39 is 0 Å². The van der Waals surface area contributed by atoms with Gasteiger partial charge in [0.2, 0.25) is 0 Å². The van der Waals surface area contributed by atoms with Crippen LogP contribution in [0.2, 0.25) is 0 Å². The van der Waals surface area contributed by atoms with Crippen molar-refractivity contribution in [3.05, 3.63) is 0 Å². The summed E-state index contributed by atoms with van der Waals surface area (Å²) in [7, 11) is 0. The highest BCUT2D eigenvalue weighted by molar-refractivity contribution is 5.70. The van der Waals surface area contributed by atoms with Crippen LogP contribution in [0.5, 0.6) is 0 Å². The summed E-state index contributed by atoms with van der Waals surface area (Å²) in [6, 6.07) is 0. The number of carbonyl (C=O) groups is 1. The summed E-state index contributed by atoms with van der Waals surface area (Å²) < 4.78 is 5.74. The van der Waals surface area contributed by atoms with Crippen LogP contribution in [0.3, 0.4) is 0 Å². The number of likely N-dealkylation sites (tertiary alicyclic amines) is 1. The Morgan fingerprint density at radius 3 is 2.53 bits per heavy atom. The van der Waals surface area contributed by atoms with E-state index >= 15 is 0 Å². The Kier molecular flexibility index (Phi) is 4.88. The Hall–Kier alpha value is -0.570. The fourth-order valence-electron chi connectivity index (χ4n) is 4.01. The van der Waals surface area contributed by atoms with Crippen LogP contribution in [-0.2, 0) is 9.53 Å². The van der Waals surface area contributed by atoms with Gasteiger partial charge in [-0.2, -0.15) is 0 Å². The maximum atomic E-state index is 12.1. The van der Waals surface area contributed by atoms with Crippen LogP contribution in [0.15, 0.2) is 0 Å². The Balaban J connectivity index is 1.78. The fraction of sp³-hybridized carbons (Fsp3) is 0.938. The Bertz CT molecular complexity index is 308. The van der Waals surface area contributed by atoms with Crippen molar-refractivity contribution in [2.24, 2.45) is 11.3 Å². The second kappa shape index (κ2) is 6.25. The molecule has 0 aromatic rings. The lowest BCUT2D eigenvalue weighted by Gasteiger charge is -2.38. The van der Waals surface area contributed by atoms with Crippen molar-refractivity contribution in [1.29, 1.82) is 0 Å². The van der Waals surface area contributed by atoms with Gasteiger partial charge in [-0.25, -0.2) is 4.79 Å². The zero-order valence-electron chi connectivity index (χ0n) is 12.8. The summed E-state index contributed by atoms with van der Waals surface area (Å²) in [6.45, 7) is 9.71. The molecule has 0 aromatic carbocycles. The van der Waals surface area contributed by atoms with E-state index in [-0.39, 0.29) is 12.1 Å². The highest BCUT2D eigenvalue weighted by Gasteiger charge is 2.34. The van der Waals surface area contributed by atoms with Gasteiger partial charge in [-0.3, -0.25) is 0 Å². The van der Waals surface area contributed by atoms with Crippen LogP contribution < -0.4 is 4.90 Å². The van der Waals surface area contributed by atoms with E-state index in [9.17, 15) is 4.79 Å². The van der Waals surface area contributed by atoms with Gasteiger partial charge in [0.25, 0.3) is 0 Å². The number of piperidine rings is 1. The van der Waals surface area contributed by atoms with E-state index in [4.69, 9.17) is 4.74 Å². The molecule has 1 aliphatic heterocycles. The maximum Gasteiger partial charge on any atom is 0.361 e. The fourth-order valence-corrected chi connectivity index (χ4v) is 4.01. The third-order valence-corrected chi connectivity index (χ3v) is 4.60. The first kappa shape index (κ1) is 14.8. The zero-order chi connectivity index (χ0) is 13.9. The molecule has 0 radical (unpaired) electrons. The van der Waals surface area contributed by atoms with E-state index in [1.165, 1.54) is 30.6 Å². The number of nitrogens with one attached hydrogen (secondary N) is 1. The standard InChI is InChI=1S/C16H29NO2/c1-13-9-14(11-16(2,3)10-13)19-15(18)12-17-7-5-4-6-8-17/h13-14H,4-12H2,1-3H3/p+1/t13-,14-/m0/s1. The predicted octanol–water partition coefficient (Wildman–Crippen LogP) is 1.81. The predicted molar refractivity (Wildman–Crippen MR) is 76.1 cm³/mol. The van der Waals surface area contributed by atoms with E-state index in [0.29, 0.717) is 17.9 Å². The minimum Gasteiger partial charge on any atom is -0.458 e. The van der Waals surface area contributed by atoms with Crippen LogP contribution in [0.25, 0.3) is 0 Å². The second-order valence-electron chi connectivity index (χ2n) is 7.51. The summed E-state index contributed by atoms with van der Waals surface area (Å²) in [4.78, 5) is 13.5. The molecule has 1 saturated heterocycles. The van der Waals surface area contributed by atoms with E-state index in [0.717, 1.165) is 25.9 Å². The van der Waals surface area contributed by atoms with Crippen molar-refractivity contribution in [2.75, 3.05) is 19.6 Å². The molecular formula is C16H30NO2+. The van der Waals surface area contributed by atoms with Gasteiger partial charge in [0.05, 0.1) is 13.1 Å². The normalized spacial score (nSPS) is 31.9. The molecule has 1 aliphatic carbocycles. The number of esters is 1.